The first-order chi connectivity index (χ1) is 14.5. The summed E-state index contributed by atoms with van der Waals surface area (Å²) in [7, 11) is 0. The highest BCUT2D eigenvalue weighted by atomic mass is 35.5. The van der Waals surface area contributed by atoms with Gasteiger partial charge in [-0.3, -0.25) is 19.4 Å². The fourth-order valence-electron chi connectivity index (χ4n) is 4.45. The molecule has 0 N–H and O–H groups in total. The molecule has 1 atom stereocenters. The van der Waals surface area contributed by atoms with Gasteiger partial charge in [-0.05, 0) is 30.9 Å². The van der Waals surface area contributed by atoms with E-state index in [1.807, 2.05) is 0 Å². The molecule has 162 valence electrons. The number of ether oxygens (including phenoxy) is 1. The predicted octanol–water partition coefficient (Wildman–Crippen LogP) is 3.14. The SMILES string of the molecule is CC1CCCN(C2=C(c3ccc(Cl)cc3Cl)C(=O)N(CCN3CCOCC3)C2=O)C1. The highest BCUT2D eigenvalue weighted by molar-refractivity contribution is 6.41. The number of hydrogen-bond donors (Lipinski definition) is 0. The van der Waals surface area contributed by atoms with Gasteiger partial charge in [0.1, 0.15) is 5.70 Å². The number of rotatable bonds is 5. The van der Waals surface area contributed by atoms with E-state index >= 15 is 0 Å². The maximum atomic E-state index is 13.4. The van der Waals surface area contributed by atoms with E-state index < -0.39 is 0 Å². The van der Waals surface area contributed by atoms with Gasteiger partial charge in [0.25, 0.3) is 11.8 Å². The number of nitrogens with zero attached hydrogens (tertiary/aromatic N) is 3. The summed E-state index contributed by atoms with van der Waals surface area (Å²) in [5.74, 6) is -0.0208. The summed E-state index contributed by atoms with van der Waals surface area (Å²) in [5, 5.41) is 0.884. The summed E-state index contributed by atoms with van der Waals surface area (Å²) in [6.45, 7) is 7.72. The summed E-state index contributed by atoms with van der Waals surface area (Å²) >= 11 is 12.5. The largest absolute Gasteiger partial charge is 0.379 e. The van der Waals surface area contributed by atoms with Gasteiger partial charge in [0.15, 0.2) is 0 Å². The van der Waals surface area contributed by atoms with Crippen molar-refractivity contribution in [3.05, 3.63) is 39.5 Å². The summed E-state index contributed by atoms with van der Waals surface area (Å²) in [5.41, 5.74) is 1.46. The van der Waals surface area contributed by atoms with Crippen LogP contribution in [0.5, 0.6) is 0 Å². The molecule has 0 aromatic heterocycles. The zero-order valence-electron chi connectivity index (χ0n) is 17.2. The first-order valence-electron chi connectivity index (χ1n) is 10.6. The number of piperidine rings is 1. The number of likely N-dealkylation sites (tertiary alicyclic amines) is 1. The lowest BCUT2D eigenvalue weighted by atomic mass is 9.97. The minimum absolute atomic E-state index is 0.219. The Morgan fingerprint density at radius 2 is 1.83 bits per heavy atom. The van der Waals surface area contributed by atoms with Crippen molar-refractivity contribution in [1.82, 2.24) is 14.7 Å². The van der Waals surface area contributed by atoms with Crippen molar-refractivity contribution >= 4 is 40.6 Å². The number of amides is 2. The maximum absolute atomic E-state index is 13.4. The Kier molecular flexibility index (Phi) is 6.68. The molecular formula is C22H27Cl2N3O3. The zero-order valence-corrected chi connectivity index (χ0v) is 18.7. The average Bonchev–Trinajstić information content (AvgIpc) is 2.97. The molecule has 2 fully saturated rings. The summed E-state index contributed by atoms with van der Waals surface area (Å²) in [6, 6.07) is 5.07. The van der Waals surface area contributed by atoms with Gasteiger partial charge in [0.2, 0.25) is 0 Å². The van der Waals surface area contributed by atoms with Crippen LogP contribution in [0.2, 0.25) is 10.0 Å². The van der Waals surface area contributed by atoms with E-state index in [0.29, 0.717) is 59.1 Å². The predicted molar refractivity (Wildman–Crippen MR) is 117 cm³/mol. The topological polar surface area (TPSA) is 53.1 Å². The Morgan fingerprint density at radius 1 is 1.07 bits per heavy atom. The average molecular weight is 452 g/mol. The first kappa shape index (κ1) is 21.6. The molecule has 0 radical (unpaired) electrons. The van der Waals surface area contributed by atoms with Crippen LogP contribution < -0.4 is 0 Å². The zero-order chi connectivity index (χ0) is 21.3. The van der Waals surface area contributed by atoms with E-state index in [9.17, 15) is 9.59 Å². The number of carbonyl (C=O) groups excluding carboxylic acids is 2. The van der Waals surface area contributed by atoms with Crippen molar-refractivity contribution in [2.24, 2.45) is 5.92 Å². The number of imide groups is 1. The number of benzene rings is 1. The summed E-state index contributed by atoms with van der Waals surface area (Å²) in [6.07, 6.45) is 2.13. The van der Waals surface area contributed by atoms with Gasteiger partial charge in [-0.2, -0.15) is 0 Å². The number of halogens is 2. The van der Waals surface area contributed by atoms with Gasteiger partial charge in [0, 0.05) is 49.9 Å². The molecular weight excluding hydrogens is 425 g/mol. The highest BCUT2D eigenvalue weighted by Crippen LogP contribution is 2.37. The third-order valence-corrected chi connectivity index (χ3v) is 6.61. The second kappa shape index (κ2) is 9.27. The summed E-state index contributed by atoms with van der Waals surface area (Å²) in [4.78, 5) is 32.6. The Hall–Kier alpha value is -1.60. The van der Waals surface area contributed by atoms with Crippen molar-refractivity contribution < 1.29 is 14.3 Å². The summed E-state index contributed by atoms with van der Waals surface area (Å²) < 4.78 is 5.39. The van der Waals surface area contributed by atoms with Gasteiger partial charge in [0.05, 0.1) is 23.8 Å². The number of morpholine rings is 1. The third-order valence-electron chi connectivity index (χ3n) is 6.06. The van der Waals surface area contributed by atoms with Crippen LogP contribution in [0.3, 0.4) is 0 Å². The lowest BCUT2D eigenvalue weighted by Gasteiger charge is -2.33. The normalized spacial score (nSPS) is 23.6. The first-order valence-corrected chi connectivity index (χ1v) is 11.3. The lowest BCUT2D eigenvalue weighted by molar-refractivity contribution is -0.138. The molecule has 4 rings (SSSR count). The number of carbonyl (C=O) groups is 2. The molecule has 2 saturated heterocycles. The fourth-order valence-corrected chi connectivity index (χ4v) is 4.96. The molecule has 6 nitrogen and oxygen atoms in total. The van der Waals surface area contributed by atoms with Crippen LogP contribution in [-0.2, 0) is 14.3 Å². The molecule has 8 heteroatoms. The molecule has 3 aliphatic rings. The van der Waals surface area contributed by atoms with Crippen molar-refractivity contribution in [2.45, 2.75) is 19.8 Å². The molecule has 1 unspecified atom stereocenters. The van der Waals surface area contributed by atoms with E-state index in [0.717, 1.165) is 39.0 Å². The Bertz CT molecular complexity index is 867. The molecule has 1 aromatic rings. The Labute approximate surface area is 187 Å². The van der Waals surface area contributed by atoms with E-state index in [2.05, 4.69) is 16.7 Å². The smallest absolute Gasteiger partial charge is 0.277 e. The molecule has 3 aliphatic heterocycles. The quantitative estimate of drug-likeness (QED) is 0.643. The highest BCUT2D eigenvalue weighted by Gasteiger charge is 2.42. The molecule has 3 heterocycles. The molecule has 0 bridgehead atoms. The molecule has 2 amide bonds. The van der Waals surface area contributed by atoms with E-state index in [-0.39, 0.29) is 11.8 Å². The molecule has 0 spiro atoms. The number of hydrogen-bond acceptors (Lipinski definition) is 5. The Balaban J connectivity index is 1.65. The minimum atomic E-state index is -0.272. The lowest BCUT2D eigenvalue weighted by Crippen LogP contribution is -2.44. The van der Waals surface area contributed by atoms with Gasteiger partial charge >= 0.3 is 0 Å². The van der Waals surface area contributed by atoms with Crippen LogP contribution in [0, 0.1) is 5.92 Å². The van der Waals surface area contributed by atoms with Gasteiger partial charge < -0.3 is 9.64 Å². The third kappa shape index (κ3) is 4.37. The molecule has 30 heavy (non-hydrogen) atoms. The van der Waals surface area contributed by atoms with Crippen molar-refractivity contribution in [1.29, 1.82) is 0 Å². The monoisotopic (exact) mass is 451 g/mol. The van der Waals surface area contributed by atoms with Crippen molar-refractivity contribution in [2.75, 3.05) is 52.5 Å². The van der Waals surface area contributed by atoms with Gasteiger partial charge in [-0.1, -0.05) is 36.2 Å². The second-order valence-corrected chi connectivity index (χ2v) is 9.10. The van der Waals surface area contributed by atoms with Crippen LogP contribution in [0.1, 0.15) is 25.3 Å². The van der Waals surface area contributed by atoms with Crippen molar-refractivity contribution in [3.8, 4) is 0 Å². The van der Waals surface area contributed by atoms with Crippen LogP contribution >= 0.6 is 23.2 Å². The molecule has 0 aliphatic carbocycles. The minimum Gasteiger partial charge on any atom is -0.379 e. The fraction of sp³-hybridized carbons (Fsp3) is 0.545. The Morgan fingerprint density at radius 3 is 2.53 bits per heavy atom. The van der Waals surface area contributed by atoms with Crippen molar-refractivity contribution in [3.63, 3.8) is 0 Å². The van der Waals surface area contributed by atoms with Gasteiger partial charge in [-0.15, -0.1) is 0 Å². The van der Waals surface area contributed by atoms with Crippen LogP contribution in [0.4, 0.5) is 0 Å². The molecule has 1 aromatic carbocycles. The van der Waals surface area contributed by atoms with Crippen LogP contribution in [0.25, 0.3) is 5.57 Å². The van der Waals surface area contributed by atoms with E-state index in [1.165, 1.54) is 4.90 Å². The van der Waals surface area contributed by atoms with Crippen LogP contribution in [0.15, 0.2) is 23.9 Å². The van der Waals surface area contributed by atoms with E-state index in [1.54, 1.807) is 18.2 Å². The van der Waals surface area contributed by atoms with E-state index in [4.69, 9.17) is 27.9 Å². The standard InChI is InChI=1S/C22H27Cl2N3O3/c1-15-3-2-6-26(14-15)20-19(17-5-4-16(23)13-18(17)24)21(28)27(22(20)29)8-7-25-9-11-30-12-10-25/h4-5,13,15H,2-3,6-12,14H2,1H3. The second-order valence-electron chi connectivity index (χ2n) is 8.26. The van der Waals surface area contributed by atoms with Gasteiger partial charge in [-0.25, -0.2) is 0 Å². The van der Waals surface area contributed by atoms with Crippen LogP contribution in [-0.4, -0.2) is 79.0 Å². The molecule has 0 saturated carbocycles. The maximum Gasteiger partial charge on any atom is 0.277 e.